The van der Waals surface area contributed by atoms with E-state index in [-0.39, 0.29) is 18.6 Å². The van der Waals surface area contributed by atoms with Crippen molar-refractivity contribution in [2.24, 2.45) is 0 Å². The molecule has 0 bridgehead atoms. The second kappa shape index (κ2) is 12.9. The second-order valence-corrected chi connectivity index (χ2v) is 11.4. The Morgan fingerprint density at radius 2 is 1.55 bits per heavy atom. The van der Waals surface area contributed by atoms with Crippen LogP contribution in [0.3, 0.4) is 0 Å². The first-order valence-electron chi connectivity index (χ1n) is 14.0. The summed E-state index contributed by atoms with van der Waals surface area (Å²) in [5.74, 6) is -2.20. The van der Waals surface area contributed by atoms with E-state index in [1.54, 1.807) is 6.92 Å². The van der Waals surface area contributed by atoms with Crippen molar-refractivity contribution in [1.29, 1.82) is 0 Å². The second-order valence-electron chi connectivity index (χ2n) is 11.4. The molecule has 0 amide bonds. The number of esters is 1. The van der Waals surface area contributed by atoms with Crippen LogP contribution in [0.4, 0.5) is 0 Å². The molecular weight excluding hydrogens is 510 g/mol. The van der Waals surface area contributed by atoms with E-state index in [1.165, 1.54) is 0 Å². The molecular formula is C32H43NO7. The smallest absolute Gasteiger partial charge is 0.333 e. The molecule has 40 heavy (non-hydrogen) atoms. The quantitative estimate of drug-likeness (QED) is 0.302. The van der Waals surface area contributed by atoms with Crippen molar-refractivity contribution in [3.8, 4) is 0 Å². The number of carbonyl (C=O) groups excluding carboxylic acids is 1. The zero-order valence-corrected chi connectivity index (χ0v) is 24.2. The van der Waals surface area contributed by atoms with Gasteiger partial charge in [-0.15, -0.1) is 0 Å². The third-order valence-electron chi connectivity index (χ3n) is 7.19. The highest BCUT2D eigenvalue weighted by Crippen LogP contribution is 2.39. The fraction of sp³-hybridized carbons (Fsp3) is 0.531. The first-order chi connectivity index (χ1) is 19.0. The minimum atomic E-state index is -1.02. The Labute approximate surface area is 237 Å². The Morgan fingerprint density at radius 3 is 2.05 bits per heavy atom. The van der Waals surface area contributed by atoms with E-state index in [1.807, 2.05) is 64.1 Å². The summed E-state index contributed by atoms with van der Waals surface area (Å²) in [6.07, 6.45) is -2.54. The summed E-state index contributed by atoms with van der Waals surface area (Å²) in [7, 11) is 0. The zero-order chi connectivity index (χ0) is 28.9. The molecule has 218 valence electrons. The van der Waals surface area contributed by atoms with E-state index >= 15 is 0 Å². The number of hydrogen-bond acceptors (Lipinski definition) is 8. The number of rotatable bonds is 12. The molecule has 2 aromatic rings. The van der Waals surface area contributed by atoms with Crippen LogP contribution in [0.25, 0.3) is 0 Å². The van der Waals surface area contributed by atoms with Gasteiger partial charge in [-0.05, 0) is 45.7 Å². The van der Waals surface area contributed by atoms with Gasteiger partial charge in [0.15, 0.2) is 11.6 Å². The van der Waals surface area contributed by atoms with Crippen molar-refractivity contribution in [3.63, 3.8) is 0 Å². The summed E-state index contributed by atoms with van der Waals surface area (Å²) < 4.78 is 30.3. The number of ether oxygens (including phenoxy) is 5. The predicted octanol–water partition coefficient (Wildman–Crippen LogP) is 4.60. The SMILES string of the molecule is C=C(C[C@@H](O)[C@H]([C@@H]1OC(C)(C)O[C@@H]1[C@H]1COC(C)(C)O1)N(Cc1ccccc1)Cc1ccccc1)C(=O)OCC. The van der Waals surface area contributed by atoms with Crippen LogP contribution in [0.15, 0.2) is 72.8 Å². The van der Waals surface area contributed by atoms with Crippen molar-refractivity contribution < 1.29 is 33.6 Å². The molecule has 0 aliphatic carbocycles. The van der Waals surface area contributed by atoms with Crippen LogP contribution < -0.4 is 0 Å². The highest BCUT2D eigenvalue weighted by molar-refractivity contribution is 5.87. The summed E-state index contributed by atoms with van der Waals surface area (Å²) in [6, 6.07) is 19.6. The van der Waals surface area contributed by atoms with Crippen molar-refractivity contribution >= 4 is 5.97 Å². The number of aliphatic hydroxyl groups is 1. The van der Waals surface area contributed by atoms with Crippen LogP contribution in [0.2, 0.25) is 0 Å². The van der Waals surface area contributed by atoms with E-state index in [9.17, 15) is 9.90 Å². The highest BCUT2D eigenvalue weighted by atomic mass is 16.8. The number of benzene rings is 2. The van der Waals surface area contributed by atoms with Gasteiger partial charge in [0.2, 0.25) is 0 Å². The maximum atomic E-state index is 12.5. The molecule has 2 aliphatic heterocycles. The van der Waals surface area contributed by atoms with Crippen LogP contribution in [0.1, 0.15) is 52.2 Å². The molecule has 2 aliphatic rings. The molecule has 0 spiro atoms. The third-order valence-corrected chi connectivity index (χ3v) is 7.19. The standard InChI is InChI=1S/C32H43NO7/c1-7-36-30(35)22(2)18-25(34)27(29-28(39-32(5,6)40-29)26-21-37-31(3,4)38-26)33(19-23-14-10-8-11-15-23)20-24-16-12-9-13-17-24/h8-17,25-29,34H,2,7,18-21H2,1,3-6H3/t25-,26-,27-,28-,29+/m1/s1. The minimum absolute atomic E-state index is 0.0180. The summed E-state index contributed by atoms with van der Waals surface area (Å²) in [4.78, 5) is 14.7. The summed E-state index contributed by atoms with van der Waals surface area (Å²) in [5, 5.41) is 11.9. The zero-order valence-electron chi connectivity index (χ0n) is 24.2. The van der Waals surface area contributed by atoms with Crippen molar-refractivity contribution in [1.82, 2.24) is 4.90 Å². The maximum Gasteiger partial charge on any atom is 0.333 e. The molecule has 2 aromatic carbocycles. The number of nitrogens with zero attached hydrogens (tertiary/aromatic N) is 1. The largest absolute Gasteiger partial charge is 0.463 e. The molecule has 8 heteroatoms. The molecule has 5 atom stereocenters. The monoisotopic (exact) mass is 553 g/mol. The Kier molecular flexibility index (Phi) is 9.82. The lowest BCUT2D eigenvalue weighted by atomic mass is 9.91. The third kappa shape index (κ3) is 7.78. The van der Waals surface area contributed by atoms with Gasteiger partial charge in [-0.1, -0.05) is 67.2 Å². The Hall–Kier alpha value is -2.59. The molecule has 0 saturated carbocycles. The van der Waals surface area contributed by atoms with E-state index in [0.29, 0.717) is 19.7 Å². The topological polar surface area (TPSA) is 86.7 Å². The lowest BCUT2D eigenvalue weighted by Crippen LogP contribution is -2.56. The average molecular weight is 554 g/mol. The van der Waals surface area contributed by atoms with Crippen LogP contribution in [-0.2, 0) is 41.6 Å². The minimum Gasteiger partial charge on any atom is -0.463 e. The highest BCUT2D eigenvalue weighted by Gasteiger charge is 2.54. The van der Waals surface area contributed by atoms with E-state index in [0.717, 1.165) is 11.1 Å². The Bertz CT molecular complexity index is 1080. The Morgan fingerprint density at radius 1 is 0.975 bits per heavy atom. The fourth-order valence-electron chi connectivity index (χ4n) is 5.51. The van der Waals surface area contributed by atoms with Crippen LogP contribution in [-0.4, -0.2) is 71.2 Å². The Balaban J connectivity index is 1.73. The van der Waals surface area contributed by atoms with Gasteiger partial charge < -0.3 is 28.8 Å². The predicted molar refractivity (Wildman–Crippen MR) is 151 cm³/mol. The lowest BCUT2D eigenvalue weighted by molar-refractivity contribution is -0.175. The normalized spacial score (nSPS) is 25.0. The van der Waals surface area contributed by atoms with Gasteiger partial charge in [0.25, 0.3) is 0 Å². The number of aliphatic hydroxyl groups excluding tert-OH is 1. The van der Waals surface area contributed by atoms with Crippen LogP contribution >= 0.6 is 0 Å². The maximum absolute atomic E-state index is 12.5. The molecule has 2 fully saturated rings. The van der Waals surface area contributed by atoms with Gasteiger partial charge >= 0.3 is 5.97 Å². The molecule has 2 heterocycles. The first kappa shape index (κ1) is 30.4. The van der Waals surface area contributed by atoms with Gasteiger partial charge in [-0.3, -0.25) is 4.90 Å². The summed E-state index contributed by atoms with van der Waals surface area (Å²) in [5.41, 5.74) is 2.36. The van der Waals surface area contributed by atoms with Crippen LogP contribution in [0.5, 0.6) is 0 Å². The molecule has 4 rings (SSSR count). The van der Waals surface area contributed by atoms with E-state index in [4.69, 9.17) is 23.7 Å². The summed E-state index contributed by atoms with van der Waals surface area (Å²) >= 11 is 0. The van der Waals surface area contributed by atoms with Gasteiger partial charge in [-0.2, -0.15) is 0 Å². The van der Waals surface area contributed by atoms with Gasteiger partial charge in [0.1, 0.15) is 18.3 Å². The van der Waals surface area contributed by atoms with Gasteiger partial charge in [0.05, 0.1) is 25.4 Å². The average Bonchev–Trinajstić information content (AvgIpc) is 3.43. The molecule has 0 radical (unpaired) electrons. The molecule has 0 unspecified atom stereocenters. The fourth-order valence-corrected chi connectivity index (χ4v) is 5.51. The number of carbonyl (C=O) groups is 1. The van der Waals surface area contributed by atoms with Gasteiger partial charge in [0, 0.05) is 25.1 Å². The lowest BCUT2D eigenvalue weighted by Gasteiger charge is -2.40. The number of hydrogen-bond donors (Lipinski definition) is 1. The molecule has 0 aromatic heterocycles. The van der Waals surface area contributed by atoms with Crippen LogP contribution in [0, 0.1) is 0 Å². The van der Waals surface area contributed by atoms with Crippen molar-refractivity contribution in [2.45, 2.75) is 96.2 Å². The molecule has 2 saturated heterocycles. The first-order valence-corrected chi connectivity index (χ1v) is 14.0. The van der Waals surface area contributed by atoms with Crippen molar-refractivity contribution in [2.75, 3.05) is 13.2 Å². The summed E-state index contributed by atoms with van der Waals surface area (Å²) in [6.45, 7) is 14.8. The van der Waals surface area contributed by atoms with E-state index < -0.39 is 48.0 Å². The van der Waals surface area contributed by atoms with E-state index in [2.05, 4.69) is 35.7 Å². The molecule has 8 nitrogen and oxygen atoms in total. The van der Waals surface area contributed by atoms with Crippen molar-refractivity contribution in [3.05, 3.63) is 83.9 Å². The van der Waals surface area contributed by atoms with Gasteiger partial charge in [-0.25, -0.2) is 4.79 Å². The molecule has 1 N–H and O–H groups in total.